The summed E-state index contributed by atoms with van der Waals surface area (Å²) in [6.45, 7) is 7.42. The van der Waals surface area contributed by atoms with Gasteiger partial charge in [-0.05, 0) is 54.6 Å². The van der Waals surface area contributed by atoms with E-state index in [1.54, 1.807) is 54.8 Å². The van der Waals surface area contributed by atoms with E-state index < -0.39 is 0 Å². The normalized spacial score (nSPS) is 11.1. The number of anilines is 1. The number of allylic oxidation sites excluding steroid dienone is 2. The molecular formula is C26H25ClN4O3. The number of pyridine rings is 1. The minimum atomic E-state index is -0.345. The van der Waals surface area contributed by atoms with Crippen molar-refractivity contribution in [3.8, 4) is 22.6 Å². The van der Waals surface area contributed by atoms with Crippen LogP contribution in [0.2, 0.25) is 5.02 Å². The maximum atomic E-state index is 13.1. The third-order valence-electron chi connectivity index (χ3n) is 4.80. The topological polar surface area (TPSA) is 110 Å². The summed E-state index contributed by atoms with van der Waals surface area (Å²) in [5, 5.41) is 5.96. The van der Waals surface area contributed by atoms with Crippen molar-refractivity contribution in [3.05, 3.63) is 95.3 Å². The van der Waals surface area contributed by atoms with Crippen molar-refractivity contribution in [2.75, 3.05) is 11.9 Å². The number of aromatic nitrogens is 1. The van der Waals surface area contributed by atoms with Crippen molar-refractivity contribution in [2.24, 2.45) is 5.73 Å². The average Bonchev–Trinajstić information content (AvgIpc) is 3.24. The smallest absolute Gasteiger partial charge is 0.255 e. The molecule has 0 bridgehead atoms. The van der Waals surface area contributed by atoms with E-state index >= 15 is 0 Å². The van der Waals surface area contributed by atoms with Crippen LogP contribution in [0.15, 0.2) is 83.6 Å². The van der Waals surface area contributed by atoms with Crippen molar-refractivity contribution in [2.45, 2.75) is 13.8 Å². The number of aryl methyl sites for hydroxylation is 1. The molecule has 0 aliphatic carbocycles. The highest BCUT2D eigenvalue weighted by Gasteiger charge is 2.22. The van der Waals surface area contributed by atoms with Crippen LogP contribution in [0.5, 0.6) is 0 Å². The molecule has 0 saturated heterocycles. The number of nitrogens with zero attached hydrogens (tertiary/aromatic N) is 1. The Morgan fingerprint density at radius 1 is 1.21 bits per heavy atom. The molecule has 0 unspecified atom stereocenters. The Morgan fingerprint density at radius 2 is 1.97 bits per heavy atom. The Hall–Kier alpha value is -4.10. The predicted molar refractivity (Wildman–Crippen MR) is 135 cm³/mol. The maximum Gasteiger partial charge on any atom is 0.255 e. The van der Waals surface area contributed by atoms with Gasteiger partial charge < -0.3 is 20.8 Å². The zero-order valence-electron chi connectivity index (χ0n) is 18.9. The maximum absolute atomic E-state index is 13.1. The van der Waals surface area contributed by atoms with Crippen LogP contribution in [0.25, 0.3) is 22.6 Å². The number of hydrogen-bond acceptors (Lipinski definition) is 5. The van der Waals surface area contributed by atoms with Crippen molar-refractivity contribution < 1.29 is 14.0 Å². The summed E-state index contributed by atoms with van der Waals surface area (Å²) in [4.78, 5) is 28.8. The molecule has 0 aliphatic heterocycles. The largest absolute Gasteiger partial charge is 0.455 e. The van der Waals surface area contributed by atoms with Gasteiger partial charge in [-0.2, -0.15) is 0 Å². The summed E-state index contributed by atoms with van der Waals surface area (Å²) >= 11 is 6.41. The second kappa shape index (κ2) is 11.2. The SMILES string of the molecule is C=C(/C=C\C=C/N)CNC(=O)c1cc(-c2cc(NC(C)=O)ncc2C)oc1-c1ccccc1Cl. The summed E-state index contributed by atoms with van der Waals surface area (Å²) in [6.07, 6.45) is 8.19. The fourth-order valence-corrected chi connectivity index (χ4v) is 3.40. The van der Waals surface area contributed by atoms with Crippen LogP contribution in [0.4, 0.5) is 5.82 Å². The third kappa shape index (κ3) is 6.02. The van der Waals surface area contributed by atoms with E-state index in [1.807, 2.05) is 13.0 Å². The highest BCUT2D eigenvalue weighted by molar-refractivity contribution is 6.33. The van der Waals surface area contributed by atoms with Crippen molar-refractivity contribution in [1.29, 1.82) is 0 Å². The lowest BCUT2D eigenvalue weighted by atomic mass is 10.1. The van der Waals surface area contributed by atoms with Gasteiger partial charge in [-0.25, -0.2) is 4.98 Å². The minimum Gasteiger partial charge on any atom is -0.455 e. The number of nitrogens with one attached hydrogen (secondary N) is 2. The quantitative estimate of drug-likeness (QED) is 0.385. The van der Waals surface area contributed by atoms with Gasteiger partial charge in [0.2, 0.25) is 5.91 Å². The summed E-state index contributed by atoms with van der Waals surface area (Å²) in [6, 6.07) is 10.5. The number of furan rings is 1. The van der Waals surface area contributed by atoms with Gasteiger partial charge in [0.15, 0.2) is 0 Å². The van der Waals surface area contributed by atoms with Crippen LogP contribution in [0, 0.1) is 6.92 Å². The average molecular weight is 477 g/mol. The first-order valence-corrected chi connectivity index (χ1v) is 10.8. The lowest BCUT2D eigenvalue weighted by Crippen LogP contribution is -2.25. The lowest BCUT2D eigenvalue weighted by molar-refractivity contribution is -0.114. The Bertz CT molecular complexity index is 1290. The van der Waals surface area contributed by atoms with Gasteiger partial charge in [-0.1, -0.05) is 42.5 Å². The molecule has 2 aromatic heterocycles. The Labute approximate surface area is 203 Å². The highest BCUT2D eigenvalue weighted by atomic mass is 35.5. The summed E-state index contributed by atoms with van der Waals surface area (Å²) in [7, 11) is 0. The first-order chi connectivity index (χ1) is 16.3. The van der Waals surface area contributed by atoms with Crippen LogP contribution >= 0.6 is 11.6 Å². The van der Waals surface area contributed by atoms with Crippen LogP contribution in [0.3, 0.4) is 0 Å². The molecule has 2 heterocycles. The number of halogens is 1. The number of hydrogen-bond donors (Lipinski definition) is 3. The number of carbonyl (C=O) groups excluding carboxylic acids is 2. The number of nitrogens with two attached hydrogens (primary N) is 1. The van der Waals surface area contributed by atoms with E-state index in [2.05, 4.69) is 22.2 Å². The molecule has 8 heteroatoms. The van der Waals surface area contributed by atoms with Crippen molar-refractivity contribution in [3.63, 3.8) is 0 Å². The van der Waals surface area contributed by atoms with Gasteiger partial charge in [0.25, 0.3) is 5.91 Å². The molecule has 4 N–H and O–H groups in total. The van der Waals surface area contributed by atoms with Crippen LogP contribution in [-0.4, -0.2) is 23.3 Å². The number of benzene rings is 1. The second-order valence-electron chi connectivity index (χ2n) is 7.48. The molecule has 0 atom stereocenters. The molecule has 174 valence electrons. The molecular weight excluding hydrogens is 452 g/mol. The van der Waals surface area contributed by atoms with Gasteiger partial charge in [0, 0.05) is 30.8 Å². The van der Waals surface area contributed by atoms with Crippen LogP contribution in [-0.2, 0) is 4.79 Å². The minimum absolute atomic E-state index is 0.233. The molecule has 1 aromatic carbocycles. The molecule has 0 radical (unpaired) electrons. The van der Waals surface area contributed by atoms with E-state index in [1.165, 1.54) is 13.1 Å². The molecule has 2 amide bonds. The highest BCUT2D eigenvalue weighted by Crippen LogP contribution is 2.37. The number of carbonyl (C=O) groups is 2. The Kier molecular flexibility index (Phi) is 8.05. The van der Waals surface area contributed by atoms with Gasteiger partial charge in [0.05, 0.1) is 10.6 Å². The van der Waals surface area contributed by atoms with Gasteiger partial charge in [-0.15, -0.1) is 0 Å². The van der Waals surface area contributed by atoms with Crippen LogP contribution in [0.1, 0.15) is 22.8 Å². The first-order valence-electron chi connectivity index (χ1n) is 10.4. The molecule has 7 nitrogen and oxygen atoms in total. The zero-order chi connectivity index (χ0) is 24.7. The molecule has 0 spiro atoms. The fourth-order valence-electron chi connectivity index (χ4n) is 3.18. The number of rotatable bonds is 8. The van der Waals surface area contributed by atoms with E-state index in [-0.39, 0.29) is 18.4 Å². The fraction of sp³-hybridized carbons (Fsp3) is 0.115. The predicted octanol–water partition coefficient (Wildman–Crippen LogP) is 5.24. The van der Waals surface area contributed by atoms with Gasteiger partial charge >= 0.3 is 0 Å². The standard InChI is InChI=1S/C26H25ClN4O3/c1-16(8-6-7-11-28)14-30-26(33)21-12-23(34-25(21)19-9-4-5-10-22(19)27)20-13-24(31-18(3)32)29-15-17(20)2/h4-13,15H,1,14,28H2,2-3H3,(H,30,33)(H,29,31,32)/b8-6-,11-7-. The van der Waals surface area contributed by atoms with Crippen LogP contribution < -0.4 is 16.4 Å². The number of amides is 2. The molecule has 3 aromatic rings. The molecule has 3 rings (SSSR count). The van der Waals surface area contributed by atoms with Gasteiger partial charge in [-0.3, -0.25) is 9.59 Å². The lowest BCUT2D eigenvalue weighted by Gasteiger charge is -2.07. The van der Waals surface area contributed by atoms with Crippen molar-refractivity contribution in [1.82, 2.24) is 10.3 Å². The molecule has 34 heavy (non-hydrogen) atoms. The molecule has 0 saturated carbocycles. The molecule has 0 aliphatic rings. The summed E-state index contributed by atoms with van der Waals surface area (Å²) < 4.78 is 6.17. The van der Waals surface area contributed by atoms with E-state index in [9.17, 15) is 9.59 Å². The monoisotopic (exact) mass is 476 g/mol. The van der Waals surface area contributed by atoms with Crippen molar-refractivity contribution >= 4 is 29.2 Å². The Morgan fingerprint density at radius 3 is 2.68 bits per heavy atom. The van der Waals surface area contributed by atoms with E-state index in [0.717, 1.165) is 5.56 Å². The summed E-state index contributed by atoms with van der Waals surface area (Å²) in [5.74, 6) is 0.572. The molecule has 0 fully saturated rings. The van der Waals surface area contributed by atoms with E-state index in [4.69, 9.17) is 21.8 Å². The Balaban J connectivity index is 2.01. The zero-order valence-corrected chi connectivity index (χ0v) is 19.6. The second-order valence-corrected chi connectivity index (χ2v) is 7.89. The van der Waals surface area contributed by atoms with E-state index in [0.29, 0.717) is 44.6 Å². The summed E-state index contributed by atoms with van der Waals surface area (Å²) in [5.41, 5.74) is 8.41. The van der Waals surface area contributed by atoms with Gasteiger partial charge in [0.1, 0.15) is 17.3 Å². The first kappa shape index (κ1) is 24.5. The third-order valence-corrected chi connectivity index (χ3v) is 5.13.